The smallest absolute Gasteiger partial charge is 0.261 e. The molecule has 4 rings (SSSR count). The van der Waals surface area contributed by atoms with Crippen LogP contribution in [0.1, 0.15) is 23.2 Å². The average molecular weight is 421 g/mol. The number of nitrogens with zero attached hydrogens (tertiary/aromatic N) is 2. The second-order valence-electron chi connectivity index (χ2n) is 6.51. The van der Waals surface area contributed by atoms with E-state index in [9.17, 15) is 9.18 Å². The molecule has 2 aromatic carbocycles. The molecule has 0 bridgehead atoms. The summed E-state index contributed by atoms with van der Waals surface area (Å²) in [6, 6.07) is 9.37. The number of amides is 1. The molecule has 1 aliphatic heterocycles. The van der Waals surface area contributed by atoms with E-state index in [0.717, 1.165) is 29.1 Å². The number of halogens is 2. The van der Waals surface area contributed by atoms with Crippen molar-refractivity contribution in [2.24, 2.45) is 0 Å². The highest BCUT2D eigenvalue weighted by Crippen LogP contribution is 2.33. The van der Waals surface area contributed by atoms with Gasteiger partial charge in [-0.15, -0.1) is 0 Å². The number of rotatable bonds is 5. The zero-order chi connectivity index (χ0) is 19.7. The number of hydrogen-bond acceptors (Lipinski definition) is 5. The molecule has 0 spiro atoms. The lowest BCUT2D eigenvalue weighted by molar-refractivity contribution is 0.0917. The van der Waals surface area contributed by atoms with E-state index in [2.05, 4.69) is 4.98 Å². The highest BCUT2D eigenvalue weighted by Gasteiger charge is 2.28. The molecule has 1 aliphatic rings. The van der Waals surface area contributed by atoms with Gasteiger partial charge in [-0.3, -0.25) is 9.69 Å². The fourth-order valence-electron chi connectivity index (χ4n) is 3.19. The number of aromatic nitrogens is 1. The molecule has 1 atom stereocenters. The number of benzene rings is 2. The van der Waals surface area contributed by atoms with Crippen molar-refractivity contribution in [1.29, 1.82) is 0 Å². The van der Waals surface area contributed by atoms with E-state index in [1.54, 1.807) is 12.0 Å². The van der Waals surface area contributed by atoms with E-state index in [-0.39, 0.29) is 22.6 Å². The Labute approximate surface area is 170 Å². The Bertz CT molecular complexity index is 1020. The number of ether oxygens (including phenoxy) is 2. The maximum absolute atomic E-state index is 13.4. The molecule has 5 nitrogen and oxygen atoms in total. The molecule has 0 radical (unpaired) electrons. The molecule has 1 unspecified atom stereocenters. The van der Waals surface area contributed by atoms with Crippen molar-refractivity contribution in [3.05, 3.63) is 52.8 Å². The van der Waals surface area contributed by atoms with E-state index in [0.29, 0.717) is 24.0 Å². The number of methoxy groups -OCH3 is 1. The highest BCUT2D eigenvalue weighted by molar-refractivity contribution is 7.22. The van der Waals surface area contributed by atoms with Crippen LogP contribution in [0.25, 0.3) is 10.2 Å². The molecule has 0 saturated carbocycles. The normalized spacial score (nSPS) is 16.5. The van der Waals surface area contributed by atoms with Gasteiger partial charge in [-0.05, 0) is 43.2 Å². The third-order valence-corrected chi connectivity index (χ3v) is 6.00. The molecular formula is C20H18ClFN2O3S. The van der Waals surface area contributed by atoms with Crippen LogP contribution in [0.3, 0.4) is 0 Å². The summed E-state index contributed by atoms with van der Waals surface area (Å²) >= 11 is 7.54. The summed E-state index contributed by atoms with van der Waals surface area (Å²) < 4.78 is 25.3. The maximum Gasteiger partial charge on any atom is 0.261 e. The lowest BCUT2D eigenvalue weighted by atomic mass is 10.1. The predicted octanol–water partition coefficient (Wildman–Crippen LogP) is 4.92. The van der Waals surface area contributed by atoms with E-state index < -0.39 is 5.82 Å². The summed E-state index contributed by atoms with van der Waals surface area (Å²) in [4.78, 5) is 19.5. The van der Waals surface area contributed by atoms with Crippen LogP contribution in [-0.4, -0.2) is 37.3 Å². The molecule has 1 saturated heterocycles. The van der Waals surface area contributed by atoms with Crippen LogP contribution in [0.4, 0.5) is 9.52 Å². The molecule has 1 aromatic heterocycles. The van der Waals surface area contributed by atoms with Crippen molar-refractivity contribution in [3.8, 4) is 5.75 Å². The van der Waals surface area contributed by atoms with Crippen LogP contribution >= 0.6 is 22.9 Å². The summed E-state index contributed by atoms with van der Waals surface area (Å²) in [5, 5.41) is 0.620. The minimum atomic E-state index is -0.487. The summed E-state index contributed by atoms with van der Waals surface area (Å²) in [7, 11) is 1.60. The van der Waals surface area contributed by atoms with Gasteiger partial charge in [0.05, 0.1) is 40.6 Å². The monoisotopic (exact) mass is 420 g/mol. The molecule has 8 heteroatoms. The van der Waals surface area contributed by atoms with Gasteiger partial charge in [-0.2, -0.15) is 0 Å². The van der Waals surface area contributed by atoms with Gasteiger partial charge in [-0.1, -0.05) is 22.9 Å². The molecule has 3 aromatic rings. The first kappa shape index (κ1) is 19.1. The number of hydrogen-bond donors (Lipinski definition) is 0. The van der Waals surface area contributed by atoms with E-state index in [4.69, 9.17) is 21.1 Å². The first-order chi connectivity index (χ1) is 13.5. The molecule has 1 amide bonds. The fourth-order valence-corrected chi connectivity index (χ4v) is 4.39. The van der Waals surface area contributed by atoms with E-state index in [1.165, 1.54) is 23.5 Å². The van der Waals surface area contributed by atoms with Crippen LogP contribution in [0, 0.1) is 5.82 Å². The van der Waals surface area contributed by atoms with E-state index in [1.807, 2.05) is 18.2 Å². The maximum atomic E-state index is 13.4. The Balaban J connectivity index is 1.73. The van der Waals surface area contributed by atoms with Crippen LogP contribution in [-0.2, 0) is 4.74 Å². The fraction of sp³-hybridized carbons (Fsp3) is 0.300. The van der Waals surface area contributed by atoms with E-state index >= 15 is 0 Å². The Kier molecular flexibility index (Phi) is 5.48. The first-order valence-corrected chi connectivity index (χ1v) is 10.1. The topological polar surface area (TPSA) is 51.7 Å². The Morgan fingerprint density at radius 3 is 2.96 bits per heavy atom. The van der Waals surface area contributed by atoms with Gasteiger partial charge in [0.15, 0.2) is 5.13 Å². The zero-order valence-electron chi connectivity index (χ0n) is 15.2. The van der Waals surface area contributed by atoms with Gasteiger partial charge in [0.2, 0.25) is 0 Å². The van der Waals surface area contributed by atoms with Crippen molar-refractivity contribution in [3.63, 3.8) is 0 Å². The molecule has 146 valence electrons. The summed E-state index contributed by atoms with van der Waals surface area (Å²) in [6.45, 7) is 1.05. The summed E-state index contributed by atoms with van der Waals surface area (Å²) in [6.07, 6.45) is 1.77. The molecule has 0 N–H and O–H groups in total. The Morgan fingerprint density at radius 2 is 2.25 bits per heavy atom. The van der Waals surface area contributed by atoms with Crippen molar-refractivity contribution in [1.82, 2.24) is 4.98 Å². The van der Waals surface area contributed by atoms with Gasteiger partial charge >= 0.3 is 0 Å². The van der Waals surface area contributed by atoms with Crippen LogP contribution in [0.5, 0.6) is 5.75 Å². The number of fused-ring (bicyclic) bond motifs is 1. The predicted molar refractivity (Wildman–Crippen MR) is 108 cm³/mol. The van der Waals surface area contributed by atoms with Gasteiger partial charge in [0.1, 0.15) is 11.6 Å². The van der Waals surface area contributed by atoms with Crippen LogP contribution < -0.4 is 9.64 Å². The molecule has 0 aliphatic carbocycles. The van der Waals surface area contributed by atoms with Gasteiger partial charge in [0.25, 0.3) is 5.91 Å². The standard InChI is InChI=1S/C20H18ClFN2O3S/c1-26-13-5-7-18-17(10-13)23-20(28-18)24(11-14-3-2-8-27-14)19(25)15-6-4-12(22)9-16(15)21/h4-7,9-10,14H,2-3,8,11H2,1H3. The Morgan fingerprint density at radius 1 is 1.39 bits per heavy atom. The first-order valence-electron chi connectivity index (χ1n) is 8.88. The lowest BCUT2D eigenvalue weighted by Crippen LogP contribution is -2.37. The number of carbonyl (C=O) groups excluding carboxylic acids is 1. The van der Waals surface area contributed by atoms with Gasteiger partial charge in [-0.25, -0.2) is 9.37 Å². The lowest BCUT2D eigenvalue weighted by Gasteiger charge is -2.23. The minimum absolute atomic E-state index is 0.0651. The quantitative estimate of drug-likeness (QED) is 0.587. The largest absolute Gasteiger partial charge is 0.497 e. The summed E-state index contributed by atoms with van der Waals surface area (Å²) in [5.74, 6) is -0.117. The van der Waals surface area contributed by atoms with Crippen molar-refractivity contribution in [2.45, 2.75) is 18.9 Å². The zero-order valence-corrected chi connectivity index (χ0v) is 16.7. The third-order valence-electron chi connectivity index (χ3n) is 4.63. The number of thiazole rings is 1. The second kappa shape index (κ2) is 8.03. The minimum Gasteiger partial charge on any atom is -0.497 e. The van der Waals surface area contributed by atoms with Crippen LogP contribution in [0.2, 0.25) is 5.02 Å². The molecular weight excluding hydrogens is 403 g/mol. The molecule has 28 heavy (non-hydrogen) atoms. The number of carbonyl (C=O) groups is 1. The second-order valence-corrected chi connectivity index (χ2v) is 7.92. The Hall–Kier alpha value is -2.22. The number of anilines is 1. The van der Waals surface area contributed by atoms with Crippen molar-refractivity contribution >= 4 is 44.2 Å². The highest BCUT2D eigenvalue weighted by atomic mass is 35.5. The SMILES string of the molecule is COc1ccc2sc(N(CC3CCCO3)C(=O)c3ccc(F)cc3Cl)nc2c1. The molecule has 2 heterocycles. The van der Waals surface area contributed by atoms with Gasteiger partial charge in [0, 0.05) is 12.7 Å². The van der Waals surface area contributed by atoms with Gasteiger partial charge < -0.3 is 9.47 Å². The van der Waals surface area contributed by atoms with Crippen molar-refractivity contribution < 1.29 is 18.7 Å². The van der Waals surface area contributed by atoms with Crippen LogP contribution in [0.15, 0.2) is 36.4 Å². The average Bonchev–Trinajstić information content (AvgIpc) is 3.34. The third kappa shape index (κ3) is 3.83. The van der Waals surface area contributed by atoms with Crippen molar-refractivity contribution in [2.75, 3.05) is 25.2 Å². The summed E-state index contributed by atoms with van der Waals surface area (Å²) in [5.41, 5.74) is 0.979. The molecule has 1 fully saturated rings.